The normalized spacial score (nSPS) is 23.3. The van der Waals surface area contributed by atoms with Gasteiger partial charge in [0.05, 0.1) is 0 Å². The lowest BCUT2D eigenvalue weighted by atomic mass is 10.0. The van der Waals surface area contributed by atoms with Gasteiger partial charge in [-0.15, -0.1) is 11.3 Å². The predicted octanol–water partition coefficient (Wildman–Crippen LogP) is 3.89. The highest BCUT2D eigenvalue weighted by atomic mass is 32.1. The molecular weight excluding hydrogens is 164 g/mol. The van der Waals surface area contributed by atoms with Crippen LogP contribution in [0, 0.1) is 6.92 Å². The summed E-state index contributed by atoms with van der Waals surface area (Å²) in [4.78, 5) is 3.17. The van der Waals surface area contributed by atoms with Gasteiger partial charge >= 0.3 is 0 Å². The molecule has 0 amide bonds. The van der Waals surface area contributed by atoms with Gasteiger partial charge in [-0.05, 0) is 43.7 Å². The SMILES string of the molecule is Cc1cc2c(s1)C(C)CCCC2. The summed E-state index contributed by atoms with van der Waals surface area (Å²) in [6, 6.07) is 2.39. The first-order chi connectivity index (χ1) is 5.77. The van der Waals surface area contributed by atoms with Crippen molar-refractivity contribution in [3.63, 3.8) is 0 Å². The van der Waals surface area contributed by atoms with Crippen molar-refractivity contribution < 1.29 is 0 Å². The van der Waals surface area contributed by atoms with E-state index < -0.39 is 0 Å². The van der Waals surface area contributed by atoms with Gasteiger partial charge in [0.15, 0.2) is 0 Å². The molecule has 0 N–H and O–H groups in total. The molecule has 1 heterocycles. The van der Waals surface area contributed by atoms with Crippen molar-refractivity contribution in [1.82, 2.24) is 0 Å². The van der Waals surface area contributed by atoms with Crippen LogP contribution < -0.4 is 0 Å². The van der Waals surface area contributed by atoms with E-state index in [1.54, 1.807) is 10.4 Å². The van der Waals surface area contributed by atoms with Gasteiger partial charge in [-0.2, -0.15) is 0 Å². The van der Waals surface area contributed by atoms with Crippen LogP contribution in [0.5, 0.6) is 0 Å². The average molecular weight is 180 g/mol. The summed E-state index contributed by atoms with van der Waals surface area (Å²) in [7, 11) is 0. The summed E-state index contributed by atoms with van der Waals surface area (Å²) >= 11 is 2.01. The summed E-state index contributed by atoms with van der Waals surface area (Å²) in [5.41, 5.74) is 1.64. The summed E-state index contributed by atoms with van der Waals surface area (Å²) in [5, 5.41) is 0. The fourth-order valence-corrected chi connectivity index (χ4v) is 3.25. The highest BCUT2D eigenvalue weighted by Gasteiger charge is 2.16. The molecular formula is C11H16S. The van der Waals surface area contributed by atoms with Gasteiger partial charge in [-0.25, -0.2) is 0 Å². The fraction of sp³-hybridized carbons (Fsp3) is 0.636. The van der Waals surface area contributed by atoms with Crippen LogP contribution >= 0.6 is 11.3 Å². The van der Waals surface area contributed by atoms with Crippen molar-refractivity contribution in [3.8, 4) is 0 Å². The van der Waals surface area contributed by atoms with Gasteiger partial charge < -0.3 is 0 Å². The zero-order valence-corrected chi connectivity index (χ0v) is 8.71. The Labute approximate surface area is 78.6 Å². The molecule has 66 valence electrons. The first-order valence-electron chi connectivity index (χ1n) is 4.86. The first-order valence-corrected chi connectivity index (χ1v) is 5.68. The lowest BCUT2D eigenvalue weighted by Gasteiger charge is -2.05. The molecule has 1 unspecified atom stereocenters. The molecule has 0 fully saturated rings. The average Bonchev–Trinajstić information content (AvgIpc) is 2.33. The van der Waals surface area contributed by atoms with E-state index >= 15 is 0 Å². The third kappa shape index (κ3) is 1.42. The van der Waals surface area contributed by atoms with E-state index in [9.17, 15) is 0 Å². The zero-order valence-electron chi connectivity index (χ0n) is 7.89. The summed E-state index contributed by atoms with van der Waals surface area (Å²) in [6.45, 7) is 4.60. The second-order valence-corrected chi connectivity index (χ2v) is 5.18. The standard InChI is InChI=1S/C11H16S/c1-8-5-3-4-6-10-7-9(2)12-11(8)10/h7-8H,3-6H2,1-2H3. The molecule has 1 aliphatic rings. The topological polar surface area (TPSA) is 0 Å². The highest BCUT2D eigenvalue weighted by molar-refractivity contribution is 7.12. The maximum absolute atomic E-state index is 2.39. The first kappa shape index (κ1) is 8.31. The largest absolute Gasteiger partial charge is 0.145 e. The van der Waals surface area contributed by atoms with Crippen molar-refractivity contribution in [2.75, 3.05) is 0 Å². The Morgan fingerprint density at radius 1 is 1.42 bits per heavy atom. The number of rotatable bonds is 0. The van der Waals surface area contributed by atoms with Gasteiger partial charge in [0.25, 0.3) is 0 Å². The molecule has 0 aromatic carbocycles. The minimum Gasteiger partial charge on any atom is -0.145 e. The summed E-state index contributed by atoms with van der Waals surface area (Å²) < 4.78 is 0. The molecule has 0 bridgehead atoms. The van der Waals surface area contributed by atoms with Gasteiger partial charge in [0.1, 0.15) is 0 Å². The number of thiophene rings is 1. The molecule has 0 spiro atoms. The lowest BCUT2D eigenvalue weighted by molar-refractivity contribution is 0.639. The molecule has 0 radical (unpaired) electrons. The van der Waals surface area contributed by atoms with Crippen LogP contribution in [0.2, 0.25) is 0 Å². The Balaban J connectivity index is 2.38. The fourth-order valence-electron chi connectivity index (χ4n) is 2.09. The number of hydrogen-bond donors (Lipinski definition) is 0. The number of fused-ring (bicyclic) bond motifs is 1. The Kier molecular flexibility index (Phi) is 2.22. The number of hydrogen-bond acceptors (Lipinski definition) is 1. The third-order valence-electron chi connectivity index (χ3n) is 2.75. The van der Waals surface area contributed by atoms with E-state index in [0.717, 1.165) is 5.92 Å². The third-order valence-corrected chi connectivity index (χ3v) is 4.07. The predicted molar refractivity (Wildman–Crippen MR) is 55.0 cm³/mol. The van der Waals surface area contributed by atoms with E-state index in [4.69, 9.17) is 0 Å². The molecule has 0 saturated heterocycles. The van der Waals surface area contributed by atoms with Crippen LogP contribution in [0.3, 0.4) is 0 Å². The molecule has 1 atom stereocenters. The van der Waals surface area contributed by atoms with Crippen LogP contribution in [0.25, 0.3) is 0 Å². The highest BCUT2D eigenvalue weighted by Crippen LogP contribution is 2.35. The Morgan fingerprint density at radius 3 is 3.08 bits per heavy atom. The van der Waals surface area contributed by atoms with Gasteiger partial charge in [-0.3, -0.25) is 0 Å². The van der Waals surface area contributed by atoms with Crippen LogP contribution in [-0.4, -0.2) is 0 Å². The van der Waals surface area contributed by atoms with Gasteiger partial charge in [-0.1, -0.05) is 13.3 Å². The van der Waals surface area contributed by atoms with E-state index in [1.807, 2.05) is 11.3 Å². The monoisotopic (exact) mass is 180 g/mol. The van der Waals surface area contributed by atoms with Crippen molar-refractivity contribution >= 4 is 11.3 Å². The van der Waals surface area contributed by atoms with Crippen molar-refractivity contribution in [3.05, 3.63) is 21.4 Å². The van der Waals surface area contributed by atoms with E-state index in [1.165, 1.54) is 30.6 Å². The molecule has 0 nitrogen and oxygen atoms in total. The zero-order chi connectivity index (χ0) is 8.55. The second kappa shape index (κ2) is 3.21. The minimum absolute atomic E-state index is 0.821. The Bertz CT molecular complexity index is 273. The second-order valence-electron chi connectivity index (χ2n) is 3.89. The van der Waals surface area contributed by atoms with E-state index in [0.29, 0.717) is 0 Å². The Morgan fingerprint density at radius 2 is 2.25 bits per heavy atom. The van der Waals surface area contributed by atoms with Crippen LogP contribution in [0.1, 0.15) is 47.4 Å². The molecule has 0 saturated carbocycles. The smallest absolute Gasteiger partial charge is 0.0108 e. The van der Waals surface area contributed by atoms with Crippen LogP contribution in [-0.2, 0) is 6.42 Å². The molecule has 1 aliphatic carbocycles. The van der Waals surface area contributed by atoms with Gasteiger partial charge in [0.2, 0.25) is 0 Å². The summed E-state index contributed by atoms with van der Waals surface area (Å²) in [5.74, 6) is 0.821. The molecule has 0 aliphatic heterocycles. The molecule has 2 rings (SSSR count). The Hall–Kier alpha value is -0.300. The maximum atomic E-state index is 2.39. The summed E-state index contributed by atoms with van der Waals surface area (Å²) in [6.07, 6.45) is 5.53. The van der Waals surface area contributed by atoms with Crippen molar-refractivity contribution in [2.45, 2.75) is 45.4 Å². The quantitative estimate of drug-likeness (QED) is 0.531. The molecule has 1 aromatic rings. The van der Waals surface area contributed by atoms with Crippen molar-refractivity contribution in [2.24, 2.45) is 0 Å². The molecule has 1 heteroatoms. The van der Waals surface area contributed by atoms with Gasteiger partial charge in [0, 0.05) is 9.75 Å². The lowest BCUT2D eigenvalue weighted by Crippen LogP contribution is -1.88. The maximum Gasteiger partial charge on any atom is 0.0108 e. The number of aryl methyl sites for hydroxylation is 2. The van der Waals surface area contributed by atoms with Crippen molar-refractivity contribution in [1.29, 1.82) is 0 Å². The molecule has 12 heavy (non-hydrogen) atoms. The minimum atomic E-state index is 0.821. The van der Waals surface area contributed by atoms with Crippen LogP contribution in [0.4, 0.5) is 0 Å². The van der Waals surface area contributed by atoms with E-state index in [-0.39, 0.29) is 0 Å². The van der Waals surface area contributed by atoms with E-state index in [2.05, 4.69) is 19.9 Å². The van der Waals surface area contributed by atoms with Crippen LogP contribution in [0.15, 0.2) is 6.07 Å². The molecule has 1 aromatic heterocycles.